The van der Waals surface area contributed by atoms with Crippen LogP contribution in [0, 0.1) is 5.92 Å². The maximum Gasteiger partial charge on any atom is 0.0962 e. The van der Waals surface area contributed by atoms with Gasteiger partial charge in [0.1, 0.15) is 0 Å². The van der Waals surface area contributed by atoms with E-state index < -0.39 is 0 Å². The summed E-state index contributed by atoms with van der Waals surface area (Å²) in [5.74, 6) is 0.704. The summed E-state index contributed by atoms with van der Waals surface area (Å²) in [5.41, 5.74) is 0.822. The Morgan fingerprint density at radius 3 is 2.73 bits per heavy atom. The highest BCUT2D eigenvalue weighted by atomic mass is 16.3. The van der Waals surface area contributed by atoms with E-state index in [2.05, 4.69) is 4.98 Å². The third kappa shape index (κ3) is 3.03. The van der Waals surface area contributed by atoms with Crippen LogP contribution in [-0.4, -0.2) is 10.1 Å². The van der Waals surface area contributed by atoms with Gasteiger partial charge in [-0.05, 0) is 24.5 Å². The molecular formula is C13H19NO. The highest BCUT2D eigenvalue weighted by Gasteiger charge is 2.18. The van der Waals surface area contributed by atoms with Gasteiger partial charge in [-0.3, -0.25) is 4.98 Å². The van der Waals surface area contributed by atoms with E-state index in [-0.39, 0.29) is 6.10 Å². The molecule has 1 aliphatic rings. The van der Waals surface area contributed by atoms with Crippen molar-refractivity contribution >= 4 is 0 Å². The normalized spacial score (nSPS) is 20.1. The SMILES string of the molecule is OC(CC1CCCCC1)c1ccccn1. The van der Waals surface area contributed by atoms with Gasteiger partial charge in [-0.15, -0.1) is 0 Å². The first-order valence-electron chi connectivity index (χ1n) is 5.95. The third-order valence-electron chi connectivity index (χ3n) is 3.31. The van der Waals surface area contributed by atoms with Crippen molar-refractivity contribution in [1.29, 1.82) is 0 Å². The molecule has 15 heavy (non-hydrogen) atoms. The minimum absolute atomic E-state index is 0.366. The van der Waals surface area contributed by atoms with Crippen molar-refractivity contribution in [1.82, 2.24) is 4.98 Å². The van der Waals surface area contributed by atoms with Crippen molar-refractivity contribution in [3.05, 3.63) is 30.1 Å². The van der Waals surface area contributed by atoms with Crippen LogP contribution >= 0.6 is 0 Å². The monoisotopic (exact) mass is 205 g/mol. The number of aliphatic hydroxyl groups excluding tert-OH is 1. The van der Waals surface area contributed by atoms with Gasteiger partial charge >= 0.3 is 0 Å². The Bertz CT molecular complexity index is 280. The largest absolute Gasteiger partial charge is 0.387 e. The van der Waals surface area contributed by atoms with Gasteiger partial charge in [0.15, 0.2) is 0 Å². The van der Waals surface area contributed by atoms with Gasteiger partial charge in [-0.25, -0.2) is 0 Å². The van der Waals surface area contributed by atoms with Crippen LogP contribution in [0.15, 0.2) is 24.4 Å². The van der Waals surface area contributed by atoms with Crippen LogP contribution in [0.25, 0.3) is 0 Å². The highest BCUT2D eigenvalue weighted by molar-refractivity contribution is 5.06. The number of aromatic nitrogens is 1. The zero-order valence-electron chi connectivity index (χ0n) is 9.10. The number of nitrogens with zero attached hydrogens (tertiary/aromatic N) is 1. The molecule has 1 saturated carbocycles. The number of aliphatic hydroxyl groups is 1. The van der Waals surface area contributed by atoms with E-state index in [1.54, 1.807) is 6.20 Å². The molecule has 1 atom stereocenters. The summed E-state index contributed by atoms with van der Waals surface area (Å²) in [6, 6.07) is 5.73. The molecule has 2 rings (SSSR count). The molecule has 2 nitrogen and oxygen atoms in total. The lowest BCUT2D eigenvalue weighted by Crippen LogP contribution is -2.11. The van der Waals surface area contributed by atoms with Crippen LogP contribution in [0.5, 0.6) is 0 Å². The summed E-state index contributed by atoms with van der Waals surface area (Å²) in [7, 11) is 0. The first kappa shape index (κ1) is 10.6. The van der Waals surface area contributed by atoms with E-state index in [9.17, 15) is 5.11 Å². The maximum atomic E-state index is 10.0. The van der Waals surface area contributed by atoms with E-state index in [4.69, 9.17) is 0 Å². The lowest BCUT2D eigenvalue weighted by Gasteiger charge is -2.23. The first-order valence-corrected chi connectivity index (χ1v) is 5.95. The number of pyridine rings is 1. The predicted octanol–water partition coefficient (Wildman–Crippen LogP) is 3.09. The average Bonchev–Trinajstić information content (AvgIpc) is 2.31. The molecule has 0 aliphatic heterocycles. The summed E-state index contributed by atoms with van der Waals surface area (Å²) >= 11 is 0. The predicted molar refractivity (Wildman–Crippen MR) is 60.4 cm³/mol. The average molecular weight is 205 g/mol. The Labute approximate surface area is 91.4 Å². The number of rotatable bonds is 3. The Balaban J connectivity index is 1.88. The molecule has 0 saturated heterocycles. The minimum atomic E-state index is -0.366. The van der Waals surface area contributed by atoms with Crippen LogP contribution in [-0.2, 0) is 0 Å². The quantitative estimate of drug-likeness (QED) is 0.822. The molecule has 1 aliphatic carbocycles. The molecule has 1 N–H and O–H groups in total. The Morgan fingerprint density at radius 2 is 2.07 bits per heavy atom. The van der Waals surface area contributed by atoms with Gasteiger partial charge < -0.3 is 5.11 Å². The maximum absolute atomic E-state index is 10.0. The standard InChI is InChI=1S/C13H19NO/c15-13(12-8-4-5-9-14-12)10-11-6-2-1-3-7-11/h4-5,8-9,11,13,15H,1-3,6-7,10H2. The molecule has 1 heterocycles. The van der Waals surface area contributed by atoms with Crippen molar-refractivity contribution in [2.75, 3.05) is 0 Å². The lowest BCUT2D eigenvalue weighted by molar-refractivity contribution is 0.127. The second-order valence-corrected chi connectivity index (χ2v) is 4.51. The fourth-order valence-electron chi connectivity index (χ4n) is 2.43. The lowest BCUT2D eigenvalue weighted by atomic mass is 9.85. The molecule has 1 unspecified atom stereocenters. The summed E-state index contributed by atoms with van der Waals surface area (Å²) in [5, 5.41) is 10.0. The van der Waals surface area contributed by atoms with Crippen molar-refractivity contribution in [3.63, 3.8) is 0 Å². The van der Waals surface area contributed by atoms with Gasteiger partial charge in [0.25, 0.3) is 0 Å². The molecule has 0 aromatic carbocycles. The molecule has 0 spiro atoms. The van der Waals surface area contributed by atoms with Crippen LogP contribution < -0.4 is 0 Å². The van der Waals surface area contributed by atoms with Gasteiger partial charge in [0.2, 0.25) is 0 Å². The molecule has 0 amide bonds. The van der Waals surface area contributed by atoms with Gasteiger partial charge in [0.05, 0.1) is 11.8 Å². The van der Waals surface area contributed by atoms with Crippen LogP contribution in [0.4, 0.5) is 0 Å². The van der Waals surface area contributed by atoms with Gasteiger partial charge in [0, 0.05) is 6.20 Å². The summed E-state index contributed by atoms with van der Waals surface area (Å²) in [4.78, 5) is 4.19. The van der Waals surface area contributed by atoms with E-state index in [1.807, 2.05) is 18.2 Å². The fourth-order valence-corrected chi connectivity index (χ4v) is 2.43. The molecular weight excluding hydrogens is 186 g/mol. The van der Waals surface area contributed by atoms with Crippen LogP contribution in [0.3, 0.4) is 0 Å². The van der Waals surface area contributed by atoms with Gasteiger partial charge in [-0.1, -0.05) is 38.2 Å². The van der Waals surface area contributed by atoms with E-state index >= 15 is 0 Å². The highest BCUT2D eigenvalue weighted by Crippen LogP contribution is 2.31. The first-order chi connectivity index (χ1) is 7.36. The van der Waals surface area contributed by atoms with Crippen molar-refractivity contribution < 1.29 is 5.11 Å². The second-order valence-electron chi connectivity index (χ2n) is 4.51. The van der Waals surface area contributed by atoms with Crippen molar-refractivity contribution in [2.24, 2.45) is 5.92 Å². The number of hydrogen-bond donors (Lipinski definition) is 1. The molecule has 1 aromatic rings. The Kier molecular flexibility index (Phi) is 3.73. The fraction of sp³-hybridized carbons (Fsp3) is 0.615. The molecule has 0 radical (unpaired) electrons. The van der Waals surface area contributed by atoms with E-state index in [0.29, 0.717) is 5.92 Å². The van der Waals surface area contributed by atoms with Crippen LogP contribution in [0.2, 0.25) is 0 Å². The second kappa shape index (κ2) is 5.26. The Morgan fingerprint density at radius 1 is 1.27 bits per heavy atom. The zero-order valence-corrected chi connectivity index (χ0v) is 9.10. The van der Waals surface area contributed by atoms with Crippen LogP contribution in [0.1, 0.15) is 50.3 Å². The summed E-state index contributed by atoms with van der Waals surface area (Å²) in [6.07, 6.45) is 8.87. The molecule has 1 fully saturated rings. The third-order valence-corrected chi connectivity index (χ3v) is 3.31. The van der Waals surface area contributed by atoms with Gasteiger partial charge in [-0.2, -0.15) is 0 Å². The molecule has 1 aromatic heterocycles. The Hall–Kier alpha value is -0.890. The molecule has 0 bridgehead atoms. The summed E-state index contributed by atoms with van der Waals surface area (Å²) < 4.78 is 0. The smallest absolute Gasteiger partial charge is 0.0962 e. The molecule has 82 valence electrons. The zero-order chi connectivity index (χ0) is 10.5. The van der Waals surface area contributed by atoms with Crippen molar-refractivity contribution in [3.8, 4) is 0 Å². The minimum Gasteiger partial charge on any atom is -0.387 e. The molecule has 2 heteroatoms. The topological polar surface area (TPSA) is 33.1 Å². The number of hydrogen-bond acceptors (Lipinski definition) is 2. The van der Waals surface area contributed by atoms with E-state index in [0.717, 1.165) is 12.1 Å². The van der Waals surface area contributed by atoms with E-state index in [1.165, 1.54) is 32.1 Å². The summed E-state index contributed by atoms with van der Waals surface area (Å²) in [6.45, 7) is 0. The van der Waals surface area contributed by atoms with Crippen molar-refractivity contribution in [2.45, 2.75) is 44.6 Å².